The molecule has 0 saturated carbocycles. The molecule has 1 saturated heterocycles. The number of hydrogen-bond acceptors (Lipinski definition) is 7. The number of nitro groups is 1. The molecule has 2 aromatic carbocycles. The zero-order valence-corrected chi connectivity index (χ0v) is 18.6. The van der Waals surface area contributed by atoms with Gasteiger partial charge in [-0.25, -0.2) is 4.99 Å². The number of nitrogens with one attached hydrogen (secondary N) is 1. The third kappa shape index (κ3) is 5.41. The molecule has 1 aliphatic rings. The van der Waals surface area contributed by atoms with Crippen molar-refractivity contribution < 1.29 is 18.9 Å². The highest BCUT2D eigenvalue weighted by atomic mass is 35.5. The number of carbonyl (C=O) groups excluding carboxylic acids is 2. The third-order valence-corrected chi connectivity index (χ3v) is 6.21. The van der Waals surface area contributed by atoms with Crippen molar-refractivity contribution in [2.75, 3.05) is 5.32 Å². The van der Waals surface area contributed by atoms with Crippen LogP contribution >= 0.6 is 23.4 Å². The number of benzene rings is 2. The molecule has 1 fully saturated rings. The zero-order chi connectivity index (χ0) is 23.4. The van der Waals surface area contributed by atoms with Gasteiger partial charge in [0.05, 0.1) is 34.1 Å². The molecule has 1 unspecified atom stereocenters. The average Bonchev–Trinajstić information content (AvgIpc) is 3.40. The van der Waals surface area contributed by atoms with Gasteiger partial charge in [0, 0.05) is 18.6 Å². The molecule has 0 bridgehead atoms. The standard InChI is InChI=1S/C22H17ClN4O5S/c23-17-9-8-15(27(30)31)11-18(17)25-20(28)12-19-21(29)26(13-16-7-4-10-32-16)22(33-19)24-14-5-2-1-3-6-14/h1-11,19H,12-13H2,(H,25,28). The number of carbonyl (C=O) groups is 2. The van der Waals surface area contributed by atoms with Gasteiger partial charge in [-0.1, -0.05) is 41.6 Å². The van der Waals surface area contributed by atoms with E-state index in [0.717, 1.165) is 0 Å². The summed E-state index contributed by atoms with van der Waals surface area (Å²) in [4.78, 5) is 42.2. The molecule has 11 heteroatoms. The number of halogens is 1. The fourth-order valence-electron chi connectivity index (χ4n) is 3.13. The molecule has 0 spiro atoms. The molecule has 9 nitrogen and oxygen atoms in total. The molecule has 0 aliphatic carbocycles. The van der Waals surface area contributed by atoms with Crippen molar-refractivity contribution in [3.05, 3.63) is 87.8 Å². The van der Waals surface area contributed by atoms with Crippen LogP contribution in [-0.2, 0) is 16.1 Å². The Bertz CT molecular complexity index is 1220. The summed E-state index contributed by atoms with van der Waals surface area (Å²) in [6.07, 6.45) is 1.36. The maximum atomic E-state index is 13.1. The molecule has 1 atom stereocenters. The van der Waals surface area contributed by atoms with E-state index in [0.29, 0.717) is 16.6 Å². The topological polar surface area (TPSA) is 118 Å². The lowest BCUT2D eigenvalue weighted by Gasteiger charge is -2.15. The van der Waals surface area contributed by atoms with E-state index in [1.54, 1.807) is 12.1 Å². The van der Waals surface area contributed by atoms with E-state index in [-0.39, 0.29) is 35.3 Å². The number of amidine groups is 1. The van der Waals surface area contributed by atoms with E-state index in [1.807, 2.05) is 30.3 Å². The Morgan fingerprint density at radius 2 is 2.00 bits per heavy atom. The zero-order valence-electron chi connectivity index (χ0n) is 17.0. The predicted octanol–water partition coefficient (Wildman–Crippen LogP) is 5.00. The van der Waals surface area contributed by atoms with Crippen LogP contribution in [-0.4, -0.2) is 32.1 Å². The van der Waals surface area contributed by atoms with Crippen molar-refractivity contribution in [2.45, 2.75) is 18.2 Å². The summed E-state index contributed by atoms with van der Waals surface area (Å²) < 4.78 is 5.37. The van der Waals surface area contributed by atoms with E-state index in [2.05, 4.69) is 10.3 Å². The highest BCUT2D eigenvalue weighted by Gasteiger charge is 2.39. The summed E-state index contributed by atoms with van der Waals surface area (Å²) in [5.74, 6) is -0.202. The number of para-hydroxylation sites is 1. The van der Waals surface area contributed by atoms with Crippen molar-refractivity contribution in [3.63, 3.8) is 0 Å². The molecule has 2 amide bonds. The monoisotopic (exact) mass is 484 g/mol. The second-order valence-corrected chi connectivity index (χ2v) is 8.59. The van der Waals surface area contributed by atoms with Crippen LogP contribution in [0.25, 0.3) is 0 Å². The summed E-state index contributed by atoms with van der Waals surface area (Å²) in [6.45, 7) is 0.180. The molecule has 2 heterocycles. The lowest BCUT2D eigenvalue weighted by atomic mass is 10.2. The quantitative estimate of drug-likeness (QED) is 0.372. The number of nitro benzene ring substituents is 1. The Balaban J connectivity index is 1.52. The van der Waals surface area contributed by atoms with Crippen LogP contribution in [0, 0.1) is 10.1 Å². The number of furan rings is 1. The number of anilines is 1. The average molecular weight is 485 g/mol. The van der Waals surface area contributed by atoms with Crippen LogP contribution in [0.4, 0.5) is 17.1 Å². The molecular formula is C22H17ClN4O5S. The first-order valence-corrected chi connectivity index (χ1v) is 11.0. The minimum atomic E-state index is -0.722. The number of nitrogens with zero attached hydrogens (tertiary/aromatic N) is 3. The first kappa shape index (κ1) is 22.6. The molecule has 33 heavy (non-hydrogen) atoms. The first-order valence-electron chi connectivity index (χ1n) is 9.78. The summed E-state index contributed by atoms with van der Waals surface area (Å²) in [5.41, 5.74) is 0.575. The Hall–Kier alpha value is -3.63. The SMILES string of the molecule is O=C(CC1SC(=Nc2ccccc2)N(Cc2ccco2)C1=O)Nc1cc([N+](=O)[O-])ccc1Cl. The molecule has 1 N–H and O–H groups in total. The van der Waals surface area contributed by atoms with E-state index in [1.165, 1.54) is 41.1 Å². The minimum absolute atomic E-state index is 0.108. The van der Waals surface area contributed by atoms with Gasteiger partial charge in [0.2, 0.25) is 11.8 Å². The van der Waals surface area contributed by atoms with Gasteiger partial charge in [-0.3, -0.25) is 24.6 Å². The number of rotatable bonds is 7. The van der Waals surface area contributed by atoms with E-state index in [9.17, 15) is 19.7 Å². The number of hydrogen-bond donors (Lipinski definition) is 1. The van der Waals surface area contributed by atoms with Crippen molar-refractivity contribution in [3.8, 4) is 0 Å². The number of amides is 2. The maximum absolute atomic E-state index is 13.1. The maximum Gasteiger partial charge on any atom is 0.271 e. The van der Waals surface area contributed by atoms with E-state index in [4.69, 9.17) is 16.0 Å². The Kier molecular flexibility index (Phi) is 6.76. The lowest BCUT2D eigenvalue weighted by Crippen LogP contribution is -2.33. The normalized spacial score (nSPS) is 16.9. The van der Waals surface area contributed by atoms with Gasteiger partial charge in [-0.15, -0.1) is 0 Å². The van der Waals surface area contributed by atoms with Gasteiger partial charge in [0.1, 0.15) is 11.0 Å². The van der Waals surface area contributed by atoms with Crippen LogP contribution < -0.4 is 5.32 Å². The molecule has 3 aromatic rings. The Labute approximate surface area is 197 Å². The van der Waals surface area contributed by atoms with Crippen molar-refractivity contribution in [1.29, 1.82) is 0 Å². The van der Waals surface area contributed by atoms with Gasteiger partial charge in [0.25, 0.3) is 5.69 Å². The third-order valence-electron chi connectivity index (χ3n) is 4.70. The second kappa shape index (κ2) is 9.88. The van der Waals surface area contributed by atoms with Crippen LogP contribution in [0.1, 0.15) is 12.2 Å². The van der Waals surface area contributed by atoms with Crippen LogP contribution in [0.3, 0.4) is 0 Å². The molecule has 1 aliphatic heterocycles. The number of non-ortho nitro benzene ring substituents is 1. The lowest BCUT2D eigenvalue weighted by molar-refractivity contribution is -0.384. The Morgan fingerprint density at radius 3 is 2.70 bits per heavy atom. The molecular weight excluding hydrogens is 468 g/mol. The summed E-state index contributed by atoms with van der Waals surface area (Å²) in [5, 5.41) is 13.4. The second-order valence-electron chi connectivity index (χ2n) is 7.01. The van der Waals surface area contributed by atoms with Crippen molar-refractivity contribution >= 4 is 57.4 Å². The molecule has 168 valence electrons. The smallest absolute Gasteiger partial charge is 0.271 e. The predicted molar refractivity (Wildman–Crippen MR) is 126 cm³/mol. The van der Waals surface area contributed by atoms with Gasteiger partial charge < -0.3 is 9.73 Å². The van der Waals surface area contributed by atoms with Crippen LogP contribution in [0.2, 0.25) is 5.02 Å². The van der Waals surface area contributed by atoms with Gasteiger partial charge in [-0.2, -0.15) is 0 Å². The van der Waals surface area contributed by atoms with Crippen molar-refractivity contribution in [2.24, 2.45) is 4.99 Å². The fourth-order valence-corrected chi connectivity index (χ4v) is 4.46. The fraction of sp³-hybridized carbons (Fsp3) is 0.136. The largest absolute Gasteiger partial charge is 0.467 e. The molecule has 0 radical (unpaired) electrons. The summed E-state index contributed by atoms with van der Waals surface area (Å²) in [7, 11) is 0. The Morgan fingerprint density at radius 1 is 1.21 bits per heavy atom. The highest BCUT2D eigenvalue weighted by Crippen LogP contribution is 2.34. The van der Waals surface area contributed by atoms with Crippen LogP contribution in [0.15, 0.2) is 76.3 Å². The van der Waals surface area contributed by atoms with Gasteiger partial charge in [0.15, 0.2) is 5.17 Å². The van der Waals surface area contributed by atoms with Crippen LogP contribution in [0.5, 0.6) is 0 Å². The summed E-state index contributed by atoms with van der Waals surface area (Å²) in [6, 6.07) is 16.4. The summed E-state index contributed by atoms with van der Waals surface area (Å²) >= 11 is 7.24. The molecule has 1 aromatic heterocycles. The van der Waals surface area contributed by atoms with E-state index < -0.39 is 16.1 Å². The highest BCUT2D eigenvalue weighted by molar-refractivity contribution is 8.15. The first-order chi connectivity index (χ1) is 15.9. The van der Waals surface area contributed by atoms with Gasteiger partial charge in [-0.05, 0) is 30.3 Å². The van der Waals surface area contributed by atoms with Gasteiger partial charge >= 0.3 is 0 Å². The molecule has 4 rings (SSSR count). The minimum Gasteiger partial charge on any atom is -0.467 e. The van der Waals surface area contributed by atoms with Crippen molar-refractivity contribution in [1.82, 2.24) is 4.90 Å². The number of aliphatic imine (C=N–C) groups is 1. The van der Waals surface area contributed by atoms with E-state index >= 15 is 0 Å². The number of thioether (sulfide) groups is 1.